The molecule has 4 aromatic rings. The van der Waals surface area contributed by atoms with Crippen molar-refractivity contribution in [3.8, 4) is 0 Å². The van der Waals surface area contributed by atoms with Crippen LogP contribution in [0.15, 0.2) is 72.9 Å². The van der Waals surface area contributed by atoms with Crippen molar-refractivity contribution in [2.75, 3.05) is 10.6 Å². The van der Waals surface area contributed by atoms with Crippen LogP contribution in [0.1, 0.15) is 16.2 Å². The Balaban J connectivity index is 1.51. The van der Waals surface area contributed by atoms with E-state index in [9.17, 15) is 14.0 Å². The summed E-state index contributed by atoms with van der Waals surface area (Å²) >= 11 is 0. The molecule has 0 atom stereocenters. The zero-order valence-electron chi connectivity index (χ0n) is 15.2. The van der Waals surface area contributed by atoms with Gasteiger partial charge < -0.3 is 10.6 Å². The van der Waals surface area contributed by atoms with Gasteiger partial charge in [-0.1, -0.05) is 18.2 Å². The summed E-state index contributed by atoms with van der Waals surface area (Å²) in [5, 5.41) is 13.5. The van der Waals surface area contributed by atoms with Crippen LogP contribution in [0.3, 0.4) is 0 Å². The van der Waals surface area contributed by atoms with Crippen molar-refractivity contribution in [2.45, 2.75) is 6.42 Å². The van der Waals surface area contributed by atoms with E-state index in [2.05, 4.69) is 20.8 Å². The van der Waals surface area contributed by atoms with Crippen LogP contribution in [0.5, 0.6) is 0 Å². The van der Waals surface area contributed by atoms with Gasteiger partial charge in [0.05, 0.1) is 12.0 Å². The van der Waals surface area contributed by atoms with Crippen LogP contribution in [0.4, 0.5) is 15.8 Å². The van der Waals surface area contributed by atoms with Crippen LogP contribution in [0, 0.1) is 5.82 Å². The molecule has 0 radical (unpaired) electrons. The van der Waals surface area contributed by atoms with Gasteiger partial charge in [-0.3, -0.25) is 14.0 Å². The molecule has 2 heterocycles. The molecule has 29 heavy (non-hydrogen) atoms. The molecule has 4 rings (SSSR count). The Morgan fingerprint density at radius 2 is 1.59 bits per heavy atom. The first-order chi connectivity index (χ1) is 14.1. The average molecular weight is 389 g/mol. The molecule has 2 N–H and O–H groups in total. The van der Waals surface area contributed by atoms with Crippen LogP contribution in [0.25, 0.3) is 5.65 Å². The first kappa shape index (κ1) is 18.3. The van der Waals surface area contributed by atoms with Crippen LogP contribution in [0.2, 0.25) is 0 Å². The highest BCUT2D eigenvalue weighted by molar-refractivity contribution is 6.04. The number of amides is 2. The maximum atomic E-state index is 13.0. The summed E-state index contributed by atoms with van der Waals surface area (Å²) in [4.78, 5) is 24.8. The van der Waals surface area contributed by atoms with Crippen molar-refractivity contribution in [3.05, 3.63) is 90.1 Å². The summed E-state index contributed by atoms with van der Waals surface area (Å²) in [7, 11) is 0. The highest BCUT2D eigenvalue weighted by Gasteiger charge is 2.14. The smallest absolute Gasteiger partial charge is 0.257 e. The predicted molar refractivity (Wildman–Crippen MR) is 106 cm³/mol. The summed E-state index contributed by atoms with van der Waals surface area (Å²) in [6.07, 6.45) is 1.54. The van der Waals surface area contributed by atoms with Crippen molar-refractivity contribution < 1.29 is 14.0 Å². The number of rotatable bonds is 5. The number of benzene rings is 2. The second kappa shape index (κ2) is 7.89. The number of aromatic nitrogens is 3. The Bertz CT molecular complexity index is 1170. The van der Waals surface area contributed by atoms with E-state index in [1.807, 2.05) is 18.2 Å². The third-order valence-corrected chi connectivity index (χ3v) is 4.21. The lowest BCUT2D eigenvalue weighted by atomic mass is 10.2. The Morgan fingerprint density at radius 3 is 2.34 bits per heavy atom. The Labute approximate surface area is 165 Å². The van der Waals surface area contributed by atoms with Crippen molar-refractivity contribution in [3.63, 3.8) is 0 Å². The fraction of sp³-hybridized carbons (Fsp3) is 0.0476. The second-order valence-corrected chi connectivity index (χ2v) is 6.31. The molecule has 7 nitrogen and oxygen atoms in total. The van der Waals surface area contributed by atoms with E-state index in [4.69, 9.17) is 0 Å². The van der Waals surface area contributed by atoms with Crippen molar-refractivity contribution in [2.24, 2.45) is 0 Å². The van der Waals surface area contributed by atoms with E-state index in [1.165, 1.54) is 24.3 Å². The van der Waals surface area contributed by atoms with E-state index in [1.54, 1.807) is 34.9 Å². The number of pyridine rings is 1. The number of halogens is 1. The lowest BCUT2D eigenvalue weighted by molar-refractivity contribution is -0.115. The molecule has 0 saturated carbocycles. The summed E-state index contributed by atoms with van der Waals surface area (Å²) in [6.45, 7) is 0. The molecule has 2 aromatic carbocycles. The normalized spacial score (nSPS) is 10.7. The number of carbonyl (C=O) groups excluding carboxylic acids is 2. The van der Waals surface area contributed by atoms with E-state index in [0.717, 1.165) is 0 Å². The van der Waals surface area contributed by atoms with E-state index >= 15 is 0 Å². The van der Waals surface area contributed by atoms with Crippen molar-refractivity contribution in [1.29, 1.82) is 0 Å². The summed E-state index contributed by atoms with van der Waals surface area (Å²) in [5.74, 6) is -0.611. The SMILES string of the molecule is O=C(Cc1nnc2ccc(C(=O)Nc3ccccc3)cn12)Nc1ccc(F)cc1. The highest BCUT2D eigenvalue weighted by Crippen LogP contribution is 2.13. The first-order valence-corrected chi connectivity index (χ1v) is 8.84. The fourth-order valence-corrected chi connectivity index (χ4v) is 2.80. The summed E-state index contributed by atoms with van der Waals surface area (Å²) < 4.78 is 14.6. The molecule has 2 aromatic heterocycles. The molecule has 0 spiro atoms. The Kier molecular flexibility index (Phi) is 4.98. The van der Waals surface area contributed by atoms with Gasteiger partial charge in [0.2, 0.25) is 5.91 Å². The molecule has 8 heteroatoms. The number of hydrogen-bond acceptors (Lipinski definition) is 4. The predicted octanol–water partition coefficient (Wildman–Crippen LogP) is 3.30. The minimum absolute atomic E-state index is 0.0533. The van der Waals surface area contributed by atoms with Gasteiger partial charge >= 0.3 is 0 Å². The maximum Gasteiger partial charge on any atom is 0.257 e. The van der Waals surface area contributed by atoms with Gasteiger partial charge in [0.1, 0.15) is 11.6 Å². The van der Waals surface area contributed by atoms with Gasteiger partial charge in [-0.2, -0.15) is 0 Å². The molecule has 0 aliphatic carbocycles. The molecule has 0 bridgehead atoms. The van der Waals surface area contributed by atoms with Crippen LogP contribution in [-0.4, -0.2) is 26.4 Å². The third kappa shape index (κ3) is 4.27. The first-order valence-electron chi connectivity index (χ1n) is 8.84. The van der Waals surface area contributed by atoms with Crippen LogP contribution < -0.4 is 10.6 Å². The van der Waals surface area contributed by atoms with Gasteiger partial charge in [0.25, 0.3) is 5.91 Å². The van der Waals surface area contributed by atoms with Gasteiger partial charge in [0.15, 0.2) is 5.65 Å². The van der Waals surface area contributed by atoms with Crippen molar-refractivity contribution in [1.82, 2.24) is 14.6 Å². The minimum Gasteiger partial charge on any atom is -0.326 e. The molecule has 0 saturated heterocycles. The summed E-state index contributed by atoms with van der Waals surface area (Å²) in [6, 6.07) is 17.9. The Morgan fingerprint density at radius 1 is 0.862 bits per heavy atom. The molecule has 2 amide bonds. The number of anilines is 2. The molecule has 0 unspecified atom stereocenters. The van der Waals surface area contributed by atoms with E-state index < -0.39 is 0 Å². The number of nitrogens with zero attached hydrogens (tertiary/aromatic N) is 3. The van der Waals surface area contributed by atoms with Gasteiger partial charge in [-0.25, -0.2) is 4.39 Å². The molecular formula is C21H16FN5O2. The standard InChI is InChI=1S/C21H16FN5O2/c22-15-7-9-17(10-8-15)23-20(28)12-19-26-25-18-11-6-14(13-27(18)19)21(29)24-16-4-2-1-3-5-16/h1-11,13H,12H2,(H,23,28)(H,24,29). The fourth-order valence-electron chi connectivity index (χ4n) is 2.80. The van der Waals surface area contributed by atoms with E-state index in [0.29, 0.717) is 28.4 Å². The number of hydrogen-bond donors (Lipinski definition) is 2. The molecule has 0 fully saturated rings. The maximum absolute atomic E-state index is 13.0. The molecule has 0 aliphatic rings. The third-order valence-electron chi connectivity index (χ3n) is 4.21. The highest BCUT2D eigenvalue weighted by atomic mass is 19.1. The largest absolute Gasteiger partial charge is 0.326 e. The van der Waals surface area contributed by atoms with Crippen molar-refractivity contribution >= 4 is 28.8 Å². The second-order valence-electron chi connectivity index (χ2n) is 6.31. The lowest BCUT2D eigenvalue weighted by Gasteiger charge is -2.07. The minimum atomic E-state index is -0.382. The van der Waals surface area contributed by atoms with Crippen LogP contribution >= 0.6 is 0 Å². The molecular weight excluding hydrogens is 373 g/mol. The average Bonchev–Trinajstić information content (AvgIpc) is 3.12. The van der Waals surface area contributed by atoms with Gasteiger partial charge in [-0.05, 0) is 48.5 Å². The number of nitrogens with one attached hydrogen (secondary N) is 2. The van der Waals surface area contributed by atoms with Crippen LogP contribution in [-0.2, 0) is 11.2 Å². The monoisotopic (exact) mass is 389 g/mol. The summed E-state index contributed by atoms with van der Waals surface area (Å²) in [5.41, 5.74) is 2.08. The Hall–Kier alpha value is -4.07. The number of fused-ring (bicyclic) bond motifs is 1. The number of carbonyl (C=O) groups is 2. The molecule has 144 valence electrons. The topological polar surface area (TPSA) is 88.4 Å². The zero-order chi connectivity index (χ0) is 20.2. The van der Waals surface area contributed by atoms with Gasteiger partial charge in [0, 0.05) is 17.6 Å². The van der Waals surface area contributed by atoms with E-state index in [-0.39, 0.29) is 24.1 Å². The quantitative estimate of drug-likeness (QED) is 0.548. The van der Waals surface area contributed by atoms with Gasteiger partial charge in [-0.15, -0.1) is 10.2 Å². The zero-order valence-corrected chi connectivity index (χ0v) is 15.2. The lowest BCUT2D eigenvalue weighted by Crippen LogP contribution is -2.17. The molecule has 0 aliphatic heterocycles. The number of para-hydroxylation sites is 1.